The van der Waals surface area contributed by atoms with Crippen molar-refractivity contribution in [2.24, 2.45) is 11.7 Å². The van der Waals surface area contributed by atoms with E-state index in [4.69, 9.17) is 15.6 Å². The van der Waals surface area contributed by atoms with Crippen LogP contribution < -0.4 is 11.1 Å². The molecule has 5 nitrogen and oxygen atoms in total. The smallest absolute Gasteiger partial charge is 0.475 e. The molecule has 1 aliphatic rings. The summed E-state index contributed by atoms with van der Waals surface area (Å²) >= 11 is 0. The maximum Gasteiger partial charge on any atom is 0.490 e. The number of carbonyl (C=O) groups is 2. The van der Waals surface area contributed by atoms with Crippen LogP contribution in [-0.2, 0) is 9.59 Å². The number of carboxylic acids is 1. The fourth-order valence-corrected chi connectivity index (χ4v) is 1.03. The number of nitrogens with two attached hydrogens (primary N) is 1. The van der Waals surface area contributed by atoms with E-state index in [0.29, 0.717) is 18.4 Å². The van der Waals surface area contributed by atoms with Gasteiger partial charge < -0.3 is 16.2 Å². The highest BCUT2D eigenvalue weighted by Gasteiger charge is 2.38. The van der Waals surface area contributed by atoms with E-state index in [1.165, 1.54) is 0 Å². The molecule has 1 saturated heterocycles. The van der Waals surface area contributed by atoms with Crippen LogP contribution in [0.5, 0.6) is 0 Å². The Balaban J connectivity index is 0.000000293. The number of rotatable bonds is 2. The Bertz CT molecular complexity index is 268. The van der Waals surface area contributed by atoms with E-state index in [2.05, 4.69) is 12.2 Å². The lowest BCUT2D eigenvalue weighted by Crippen LogP contribution is -2.52. The second-order valence-corrected chi connectivity index (χ2v) is 3.43. The monoisotopic (exact) mass is 242 g/mol. The normalized spacial score (nSPS) is 23.8. The summed E-state index contributed by atoms with van der Waals surface area (Å²) in [5.41, 5.74) is 5.00. The Morgan fingerprint density at radius 1 is 1.50 bits per heavy atom. The van der Waals surface area contributed by atoms with Gasteiger partial charge in [-0.1, -0.05) is 0 Å². The molecule has 1 amide bonds. The fourth-order valence-electron chi connectivity index (χ4n) is 1.03. The molecule has 8 heteroatoms. The lowest BCUT2D eigenvalue weighted by atomic mass is 9.90. The molecule has 0 bridgehead atoms. The number of carbonyl (C=O) groups excluding carboxylic acids is 1. The molecular weight excluding hydrogens is 229 g/mol. The second kappa shape index (κ2) is 5.69. The summed E-state index contributed by atoms with van der Waals surface area (Å²) < 4.78 is 31.7. The predicted molar refractivity (Wildman–Crippen MR) is 48.5 cm³/mol. The third-order valence-corrected chi connectivity index (χ3v) is 2.11. The van der Waals surface area contributed by atoms with Crippen molar-refractivity contribution in [2.45, 2.75) is 25.6 Å². The Hall–Kier alpha value is -1.31. The first-order valence-electron chi connectivity index (χ1n) is 4.46. The van der Waals surface area contributed by atoms with Crippen molar-refractivity contribution in [3.8, 4) is 0 Å². The number of aliphatic carboxylic acids is 1. The highest BCUT2D eigenvalue weighted by atomic mass is 19.4. The van der Waals surface area contributed by atoms with Crippen LogP contribution in [0.15, 0.2) is 0 Å². The van der Waals surface area contributed by atoms with Crippen LogP contribution in [0.4, 0.5) is 13.2 Å². The maximum absolute atomic E-state index is 10.6. The van der Waals surface area contributed by atoms with E-state index < -0.39 is 12.1 Å². The summed E-state index contributed by atoms with van der Waals surface area (Å²) in [7, 11) is 0. The quantitative estimate of drug-likeness (QED) is 0.640. The van der Waals surface area contributed by atoms with Crippen LogP contribution in [0.2, 0.25) is 0 Å². The van der Waals surface area contributed by atoms with E-state index in [-0.39, 0.29) is 5.91 Å². The van der Waals surface area contributed by atoms with Gasteiger partial charge in [0.2, 0.25) is 5.91 Å². The number of hydrogen-bond donors (Lipinski definition) is 3. The zero-order valence-corrected chi connectivity index (χ0v) is 8.54. The van der Waals surface area contributed by atoms with Gasteiger partial charge in [-0.15, -0.1) is 0 Å². The molecule has 0 aromatic heterocycles. The van der Waals surface area contributed by atoms with Crippen LogP contribution in [0, 0.1) is 5.92 Å². The molecule has 0 aromatic rings. The minimum atomic E-state index is -5.08. The molecule has 4 N–H and O–H groups in total. The van der Waals surface area contributed by atoms with E-state index in [9.17, 15) is 18.0 Å². The topological polar surface area (TPSA) is 92.4 Å². The summed E-state index contributed by atoms with van der Waals surface area (Å²) in [6.45, 7) is 3.02. The van der Waals surface area contributed by atoms with E-state index in [1.54, 1.807) is 0 Å². The zero-order chi connectivity index (χ0) is 12.9. The molecule has 2 atom stereocenters. The molecule has 0 spiro atoms. The van der Waals surface area contributed by atoms with Crippen molar-refractivity contribution in [1.29, 1.82) is 0 Å². The third kappa shape index (κ3) is 5.54. The van der Waals surface area contributed by atoms with Gasteiger partial charge >= 0.3 is 12.1 Å². The molecule has 0 radical (unpaired) electrons. The Kier molecular flexibility index (Phi) is 5.22. The Morgan fingerprint density at radius 3 is 2.00 bits per heavy atom. The van der Waals surface area contributed by atoms with Crippen LogP contribution in [0.1, 0.15) is 13.3 Å². The van der Waals surface area contributed by atoms with Gasteiger partial charge in [0.05, 0.1) is 0 Å². The van der Waals surface area contributed by atoms with Gasteiger partial charge in [-0.3, -0.25) is 4.79 Å². The summed E-state index contributed by atoms with van der Waals surface area (Å²) in [6, 6.07) is 0.484. The van der Waals surface area contributed by atoms with Crippen molar-refractivity contribution < 1.29 is 27.9 Å². The summed E-state index contributed by atoms with van der Waals surface area (Å²) in [4.78, 5) is 19.2. The lowest BCUT2D eigenvalue weighted by Gasteiger charge is -2.34. The molecule has 1 fully saturated rings. The van der Waals surface area contributed by atoms with Crippen LogP contribution in [0.25, 0.3) is 0 Å². The molecule has 16 heavy (non-hydrogen) atoms. The van der Waals surface area contributed by atoms with Crippen LogP contribution in [0.3, 0.4) is 0 Å². The minimum absolute atomic E-state index is 0.187. The molecule has 1 rings (SSSR count). The zero-order valence-electron chi connectivity index (χ0n) is 8.54. The second-order valence-electron chi connectivity index (χ2n) is 3.43. The highest BCUT2D eigenvalue weighted by Crippen LogP contribution is 2.15. The van der Waals surface area contributed by atoms with Crippen molar-refractivity contribution in [1.82, 2.24) is 5.32 Å². The first-order chi connectivity index (χ1) is 7.14. The molecule has 0 saturated carbocycles. The molecule has 1 aliphatic heterocycles. The van der Waals surface area contributed by atoms with Gasteiger partial charge in [-0.2, -0.15) is 13.2 Å². The van der Waals surface area contributed by atoms with Gasteiger partial charge in [-0.25, -0.2) is 4.79 Å². The standard InChI is InChI=1S/C6H12N2O.C2HF3O2/c1-4-5(3-8-4)2-6(7)9;3-2(4,5)1(6)7/h4-5,8H,2-3H2,1H3,(H2,7,9);(H,6,7)/t4-,5+;/m1./s1. The predicted octanol–water partition coefficient (Wildman–Crippen LogP) is 0.103. The van der Waals surface area contributed by atoms with Crippen molar-refractivity contribution >= 4 is 11.9 Å². The molecule has 0 unspecified atom stereocenters. The average molecular weight is 242 g/mol. The number of amides is 1. The number of carboxylic acid groups (broad SMARTS) is 1. The van der Waals surface area contributed by atoms with Gasteiger partial charge in [0.25, 0.3) is 0 Å². The number of nitrogens with one attached hydrogen (secondary N) is 1. The van der Waals surface area contributed by atoms with Crippen molar-refractivity contribution in [2.75, 3.05) is 6.54 Å². The summed E-state index contributed by atoms with van der Waals surface area (Å²) in [6.07, 6.45) is -4.55. The Morgan fingerprint density at radius 2 is 1.94 bits per heavy atom. The minimum Gasteiger partial charge on any atom is -0.475 e. The molecule has 94 valence electrons. The van der Waals surface area contributed by atoms with E-state index in [1.807, 2.05) is 0 Å². The number of primary amides is 1. The fraction of sp³-hybridized carbons (Fsp3) is 0.750. The molecule has 0 aliphatic carbocycles. The van der Waals surface area contributed by atoms with Gasteiger partial charge in [0.15, 0.2) is 0 Å². The lowest BCUT2D eigenvalue weighted by molar-refractivity contribution is -0.192. The molecule has 1 heterocycles. The summed E-state index contributed by atoms with van der Waals surface area (Å²) in [5.74, 6) is -2.46. The number of halogens is 3. The van der Waals surface area contributed by atoms with E-state index in [0.717, 1.165) is 6.54 Å². The van der Waals surface area contributed by atoms with Crippen molar-refractivity contribution in [3.63, 3.8) is 0 Å². The first-order valence-corrected chi connectivity index (χ1v) is 4.46. The maximum atomic E-state index is 10.6. The largest absolute Gasteiger partial charge is 0.490 e. The van der Waals surface area contributed by atoms with Crippen LogP contribution in [-0.4, -0.2) is 35.7 Å². The van der Waals surface area contributed by atoms with Crippen molar-refractivity contribution in [3.05, 3.63) is 0 Å². The summed E-state index contributed by atoms with van der Waals surface area (Å²) in [5, 5.41) is 10.3. The average Bonchev–Trinajstić information content (AvgIpc) is 2.11. The number of hydrogen-bond acceptors (Lipinski definition) is 3. The Labute approximate surface area is 89.8 Å². The number of alkyl halides is 3. The SMILES string of the molecule is C[C@H]1NC[C@@H]1CC(N)=O.O=C(O)C(F)(F)F. The molecule has 0 aromatic carbocycles. The van der Waals surface area contributed by atoms with Gasteiger partial charge in [-0.05, 0) is 12.8 Å². The highest BCUT2D eigenvalue weighted by molar-refractivity contribution is 5.74. The van der Waals surface area contributed by atoms with E-state index >= 15 is 0 Å². The first kappa shape index (κ1) is 14.7. The third-order valence-electron chi connectivity index (χ3n) is 2.11. The van der Waals surface area contributed by atoms with Crippen LogP contribution >= 0.6 is 0 Å². The molecular formula is C8H13F3N2O3. The van der Waals surface area contributed by atoms with Gasteiger partial charge in [0.1, 0.15) is 0 Å². The van der Waals surface area contributed by atoms with Gasteiger partial charge in [0, 0.05) is 19.0 Å².